The highest BCUT2D eigenvalue weighted by molar-refractivity contribution is 7.89. The Labute approximate surface area is 144 Å². The highest BCUT2D eigenvalue weighted by Crippen LogP contribution is 2.20. The minimum atomic E-state index is -3.56. The highest BCUT2D eigenvalue weighted by Gasteiger charge is 2.16. The first-order valence-electron chi connectivity index (χ1n) is 7.87. The van der Waals surface area contributed by atoms with Crippen LogP contribution in [0.4, 0.5) is 0 Å². The summed E-state index contributed by atoms with van der Waals surface area (Å²) in [5, 5.41) is 0. The van der Waals surface area contributed by atoms with Crippen LogP contribution >= 0.6 is 11.3 Å². The Morgan fingerprint density at radius 2 is 2.04 bits per heavy atom. The van der Waals surface area contributed by atoms with Crippen molar-refractivity contribution in [3.05, 3.63) is 27.9 Å². The van der Waals surface area contributed by atoms with Gasteiger partial charge in [0.2, 0.25) is 10.0 Å². The van der Waals surface area contributed by atoms with Gasteiger partial charge in [-0.3, -0.25) is 9.69 Å². The zero-order valence-corrected chi connectivity index (χ0v) is 15.2. The summed E-state index contributed by atoms with van der Waals surface area (Å²) in [7, 11) is -1.88. The van der Waals surface area contributed by atoms with Crippen molar-refractivity contribution in [2.24, 2.45) is 7.05 Å². The SMILES string of the molecule is Cn1c(=O)sc2cc(S(=O)(=O)NCCCN3CCOCC3)ccc21. The quantitative estimate of drug-likeness (QED) is 0.752. The first kappa shape index (κ1) is 17.6. The van der Waals surface area contributed by atoms with E-state index in [0.29, 0.717) is 11.2 Å². The summed E-state index contributed by atoms with van der Waals surface area (Å²) in [5.41, 5.74) is 0.747. The minimum absolute atomic E-state index is 0.0991. The second kappa shape index (κ2) is 7.32. The van der Waals surface area contributed by atoms with Gasteiger partial charge in [-0.05, 0) is 31.2 Å². The Kier molecular flexibility index (Phi) is 5.36. The van der Waals surface area contributed by atoms with Crippen molar-refractivity contribution < 1.29 is 13.2 Å². The number of aryl methyl sites for hydroxylation is 1. The van der Waals surface area contributed by atoms with Gasteiger partial charge in [0, 0.05) is 26.7 Å². The molecule has 0 amide bonds. The molecule has 1 saturated heterocycles. The first-order valence-corrected chi connectivity index (χ1v) is 10.2. The molecule has 2 aromatic rings. The number of benzene rings is 1. The van der Waals surface area contributed by atoms with E-state index in [1.807, 2.05) is 0 Å². The second-order valence-electron chi connectivity index (χ2n) is 5.76. The Bertz CT molecular complexity index is 866. The summed E-state index contributed by atoms with van der Waals surface area (Å²) in [5.74, 6) is 0. The zero-order valence-electron chi connectivity index (χ0n) is 13.5. The Morgan fingerprint density at radius 1 is 1.29 bits per heavy atom. The summed E-state index contributed by atoms with van der Waals surface area (Å²) in [4.78, 5) is 14.0. The predicted octanol–water partition coefficient (Wildman–Crippen LogP) is 0.601. The molecule has 1 aliphatic rings. The summed E-state index contributed by atoms with van der Waals surface area (Å²) in [6.45, 7) is 4.53. The number of nitrogens with one attached hydrogen (secondary N) is 1. The van der Waals surface area contributed by atoms with E-state index in [4.69, 9.17) is 4.74 Å². The standard InChI is InChI=1S/C15H21N3O4S2/c1-17-13-4-3-12(11-14(13)23-15(17)19)24(20,21)16-5-2-6-18-7-9-22-10-8-18/h3-4,11,16H,2,5-10H2,1H3. The van der Waals surface area contributed by atoms with Crippen LogP contribution in [-0.2, 0) is 21.8 Å². The summed E-state index contributed by atoms with van der Waals surface area (Å²) >= 11 is 1.05. The van der Waals surface area contributed by atoms with E-state index >= 15 is 0 Å². The minimum Gasteiger partial charge on any atom is -0.379 e. The molecule has 1 aromatic carbocycles. The second-order valence-corrected chi connectivity index (χ2v) is 8.52. The number of hydrogen-bond donors (Lipinski definition) is 1. The van der Waals surface area contributed by atoms with Crippen LogP contribution in [0, 0.1) is 0 Å². The van der Waals surface area contributed by atoms with Crippen molar-refractivity contribution in [1.29, 1.82) is 0 Å². The average Bonchev–Trinajstić information content (AvgIpc) is 2.87. The lowest BCUT2D eigenvalue weighted by Crippen LogP contribution is -2.38. The number of thiazole rings is 1. The average molecular weight is 371 g/mol. The van der Waals surface area contributed by atoms with E-state index in [-0.39, 0.29) is 9.77 Å². The number of morpholine rings is 1. The Morgan fingerprint density at radius 3 is 2.79 bits per heavy atom. The topological polar surface area (TPSA) is 80.6 Å². The van der Waals surface area contributed by atoms with Crippen LogP contribution in [0.5, 0.6) is 0 Å². The Balaban J connectivity index is 1.61. The number of ether oxygens (including phenoxy) is 1. The Hall–Kier alpha value is -1.26. The van der Waals surface area contributed by atoms with E-state index in [0.717, 1.165) is 56.1 Å². The van der Waals surface area contributed by atoms with E-state index in [1.54, 1.807) is 25.2 Å². The molecule has 1 aliphatic heterocycles. The lowest BCUT2D eigenvalue weighted by molar-refractivity contribution is 0.0376. The van der Waals surface area contributed by atoms with Gasteiger partial charge in [0.15, 0.2) is 0 Å². The molecule has 0 radical (unpaired) electrons. The third kappa shape index (κ3) is 3.86. The van der Waals surface area contributed by atoms with Crippen molar-refractivity contribution in [2.45, 2.75) is 11.3 Å². The van der Waals surface area contributed by atoms with Gasteiger partial charge in [-0.25, -0.2) is 13.1 Å². The van der Waals surface area contributed by atoms with Gasteiger partial charge in [-0.1, -0.05) is 11.3 Å². The molecule has 0 atom stereocenters. The normalized spacial score (nSPS) is 16.7. The molecule has 3 rings (SSSR count). The number of aromatic nitrogens is 1. The van der Waals surface area contributed by atoms with Crippen LogP contribution in [0.25, 0.3) is 10.2 Å². The maximum absolute atomic E-state index is 12.4. The maximum Gasteiger partial charge on any atom is 0.307 e. The molecule has 0 aliphatic carbocycles. The molecular weight excluding hydrogens is 350 g/mol. The third-order valence-electron chi connectivity index (χ3n) is 4.12. The van der Waals surface area contributed by atoms with Gasteiger partial charge in [0.25, 0.3) is 0 Å². The van der Waals surface area contributed by atoms with Gasteiger partial charge in [-0.2, -0.15) is 0 Å². The van der Waals surface area contributed by atoms with E-state index in [9.17, 15) is 13.2 Å². The molecule has 24 heavy (non-hydrogen) atoms. The van der Waals surface area contributed by atoms with Gasteiger partial charge >= 0.3 is 4.87 Å². The summed E-state index contributed by atoms with van der Waals surface area (Å²) in [6.07, 6.45) is 0.750. The molecule has 0 bridgehead atoms. The van der Waals surface area contributed by atoms with Crippen LogP contribution in [0.2, 0.25) is 0 Å². The lowest BCUT2D eigenvalue weighted by Gasteiger charge is -2.26. The fourth-order valence-electron chi connectivity index (χ4n) is 2.70. The molecule has 7 nitrogen and oxygen atoms in total. The van der Waals surface area contributed by atoms with Gasteiger partial charge in [-0.15, -0.1) is 0 Å². The lowest BCUT2D eigenvalue weighted by atomic mass is 10.3. The summed E-state index contributed by atoms with van der Waals surface area (Å²) in [6, 6.07) is 4.78. The molecule has 9 heteroatoms. The zero-order chi connectivity index (χ0) is 17.2. The van der Waals surface area contributed by atoms with Crippen molar-refractivity contribution in [1.82, 2.24) is 14.2 Å². The van der Waals surface area contributed by atoms with Crippen molar-refractivity contribution >= 4 is 31.6 Å². The number of nitrogens with zero attached hydrogens (tertiary/aromatic N) is 2. The molecule has 1 N–H and O–H groups in total. The van der Waals surface area contributed by atoms with Crippen LogP contribution in [-0.4, -0.2) is 57.3 Å². The number of hydrogen-bond acceptors (Lipinski definition) is 6. The number of sulfonamides is 1. The van der Waals surface area contributed by atoms with Gasteiger partial charge < -0.3 is 9.30 Å². The van der Waals surface area contributed by atoms with E-state index in [1.165, 1.54) is 4.57 Å². The van der Waals surface area contributed by atoms with Crippen molar-refractivity contribution in [3.63, 3.8) is 0 Å². The molecule has 0 saturated carbocycles. The molecule has 1 aromatic heterocycles. The third-order valence-corrected chi connectivity index (χ3v) is 6.58. The maximum atomic E-state index is 12.4. The predicted molar refractivity (Wildman–Crippen MR) is 94.1 cm³/mol. The fourth-order valence-corrected chi connectivity index (χ4v) is 4.79. The molecule has 1 fully saturated rings. The van der Waals surface area contributed by atoms with Crippen LogP contribution in [0.1, 0.15) is 6.42 Å². The molecule has 0 unspecified atom stereocenters. The van der Waals surface area contributed by atoms with Crippen LogP contribution in [0.15, 0.2) is 27.9 Å². The number of fused-ring (bicyclic) bond motifs is 1. The number of rotatable bonds is 6. The first-order chi connectivity index (χ1) is 11.5. The van der Waals surface area contributed by atoms with Gasteiger partial charge in [0.05, 0.1) is 28.3 Å². The van der Waals surface area contributed by atoms with Crippen LogP contribution < -0.4 is 9.60 Å². The largest absolute Gasteiger partial charge is 0.379 e. The summed E-state index contributed by atoms with van der Waals surface area (Å²) < 4.78 is 34.9. The molecular formula is C15H21N3O4S2. The monoisotopic (exact) mass is 371 g/mol. The fraction of sp³-hybridized carbons (Fsp3) is 0.533. The van der Waals surface area contributed by atoms with E-state index in [2.05, 4.69) is 9.62 Å². The molecule has 2 heterocycles. The smallest absolute Gasteiger partial charge is 0.307 e. The van der Waals surface area contributed by atoms with Crippen molar-refractivity contribution in [2.75, 3.05) is 39.4 Å². The van der Waals surface area contributed by atoms with Crippen molar-refractivity contribution in [3.8, 4) is 0 Å². The van der Waals surface area contributed by atoms with E-state index < -0.39 is 10.0 Å². The van der Waals surface area contributed by atoms with Crippen LogP contribution in [0.3, 0.4) is 0 Å². The van der Waals surface area contributed by atoms with Gasteiger partial charge in [0.1, 0.15) is 0 Å². The molecule has 132 valence electrons. The highest BCUT2D eigenvalue weighted by atomic mass is 32.2. The molecule has 0 spiro atoms.